The van der Waals surface area contributed by atoms with E-state index >= 15 is 0 Å². The van der Waals surface area contributed by atoms with Crippen LogP contribution in [0.2, 0.25) is 0 Å². The number of amides is 1. The SMILES string of the molecule is COc1ccc(CCCCC(=O)N2CCC[C@@H](n3cncn3)C2)cc1. The number of aryl methyl sites for hydroxylation is 1. The van der Waals surface area contributed by atoms with E-state index in [1.54, 1.807) is 19.8 Å². The van der Waals surface area contributed by atoms with E-state index in [9.17, 15) is 4.79 Å². The molecule has 1 amide bonds. The normalized spacial score (nSPS) is 17.5. The summed E-state index contributed by atoms with van der Waals surface area (Å²) in [5.74, 6) is 1.14. The van der Waals surface area contributed by atoms with Gasteiger partial charge in [-0.05, 0) is 49.8 Å². The quantitative estimate of drug-likeness (QED) is 0.726. The zero-order valence-electron chi connectivity index (χ0n) is 14.8. The molecule has 6 nitrogen and oxygen atoms in total. The van der Waals surface area contributed by atoms with Gasteiger partial charge in [-0.3, -0.25) is 4.79 Å². The van der Waals surface area contributed by atoms with Crippen LogP contribution in [0.15, 0.2) is 36.9 Å². The highest BCUT2D eigenvalue weighted by atomic mass is 16.5. The van der Waals surface area contributed by atoms with Gasteiger partial charge in [-0.1, -0.05) is 12.1 Å². The molecule has 0 unspecified atom stereocenters. The number of carbonyl (C=O) groups is 1. The Kier molecular flexibility index (Phi) is 6.04. The Hall–Kier alpha value is -2.37. The van der Waals surface area contributed by atoms with Gasteiger partial charge in [0.25, 0.3) is 0 Å². The van der Waals surface area contributed by atoms with Gasteiger partial charge in [-0.2, -0.15) is 5.10 Å². The maximum atomic E-state index is 12.5. The van der Waals surface area contributed by atoms with Crippen LogP contribution in [0.3, 0.4) is 0 Å². The predicted octanol–water partition coefficient (Wildman–Crippen LogP) is 2.86. The Labute approximate surface area is 148 Å². The fourth-order valence-corrected chi connectivity index (χ4v) is 3.36. The number of unbranched alkanes of at least 4 members (excludes halogenated alkanes) is 1. The molecule has 0 N–H and O–H groups in total. The lowest BCUT2D eigenvalue weighted by molar-refractivity contribution is -0.133. The maximum Gasteiger partial charge on any atom is 0.222 e. The maximum absolute atomic E-state index is 12.5. The van der Waals surface area contributed by atoms with E-state index < -0.39 is 0 Å². The summed E-state index contributed by atoms with van der Waals surface area (Å²) in [6.07, 6.45) is 8.97. The van der Waals surface area contributed by atoms with E-state index in [4.69, 9.17) is 4.74 Å². The molecule has 0 spiro atoms. The van der Waals surface area contributed by atoms with Crippen molar-refractivity contribution in [1.82, 2.24) is 19.7 Å². The van der Waals surface area contributed by atoms with Crippen LogP contribution in [0.1, 0.15) is 43.7 Å². The summed E-state index contributed by atoms with van der Waals surface area (Å²) in [6, 6.07) is 8.42. The molecule has 134 valence electrons. The van der Waals surface area contributed by atoms with Crippen molar-refractivity contribution in [3.8, 4) is 5.75 Å². The lowest BCUT2D eigenvalue weighted by Crippen LogP contribution is -2.40. The van der Waals surface area contributed by atoms with Crippen LogP contribution in [0, 0.1) is 0 Å². The van der Waals surface area contributed by atoms with E-state index in [1.165, 1.54) is 5.56 Å². The molecule has 0 saturated carbocycles. The fraction of sp³-hybridized carbons (Fsp3) is 0.526. The highest BCUT2D eigenvalue weighted by Crippen LogP contribution is 2.21. The topological polar surface area (TPSA) is 60.2 Å². The molecule has 6 heteroatoms. The first-order valence-corrected chi connectivity index (χ1v) is 9.01. The Balaban J connectivity index is 1.39. The van der Waals surface area contributed by atoms with Gasteiger partial charge in [-0.25, -0.2) is 9.67 Å². The van der Waals surface area contributed by atoms with Crippen LogP contribution in [0.4, 0.5) is 0 Å². The molecule has 3 rings (SSSR count). The molecule has 0 radical (unpaired) electrons. The second-order valence-electron chi connectivity index (χ2n) is 6.57. The summed E-state index contributed by atoms with van der Waals surface area (Å²) < 4.78 is 7.05. The van der Waals surface area contributed by atoms with Gasteiger partial charge in [-0.15, -0.1) is 0 Å². The lowest BCUT2D eigenvalue weighted by atomic mass is 10.0. The molecule has 1 aliphatic rings. The van der Waals surface area contributed by atoms with Crippen LogP contribution < -0.4 is 4.74 Å². The molecule has 1 aromatic carbocycles. The second kappa shape index (κ2) is 8.65. The third kappa shape index (κ3) is 4.81. The summed E-state index contributed by atoms with van der Waals surface area (Å²) in [5, 5.41) is 4.21. The van der Waals surface area contributed by atoms with Crippen molar-refractivity contribution in [3.63, 3.8) is 0 Å². The molecule has 0 aliphatic carbocycles. The van der Waals surface area contributed by atoms with Gasteiger partial charge in [0.15, 0.2) is 0 Å². The van der Waals surface area contributed by atoms with Crippen LogP contribution in [0.5, 0.6) is 5.75 Å². The number of ether oxygens (including phenoxy) is 1. The van der Waals surface area contributed by atoms with E-state index in [0.717, 1.165) is 50.9 Å². The smallest absolute Gasteiger partial charge is 0.222 e. The Morgan fingerprint density at radius 1 is 1.28 bits per heavy atom. The van der Waals surface area contributed by atoms with Gasteiger partial charge < -0.3 is 9.64 Å². The Morgan fingerprint density at radius 3 is 2.84 bits per heavy atom. The minimum atomic E-state index is 0.263. The van der Waals surface area contributed by atoms with Crippen LogP contribution in [-0.4, -0.2) is 45.8 Å². The molecule has 25 heavy (non-hydrogen) atoms. The summed E-state index contributed by atoms with van der Waals surface area (Å²) in [6.45, 7) is 1.61. The third-order valence-corrected chi connectivity index (χ3v) is 4.83. The standard InChI is InChI=1S/C19H26N4O2/c1-25-18-10-8-16(9-11-18)5-2-3-7-19(24)22-12-4-6-17(13-22)23-15-20-14-21-23/h8-11,14-15,17H,2-7,12-13H2,1H3/t17-/m1/s1. The first-order valence-electron chi connectivity index (χ1n) is 9.01. The summed E-state index contributed by atoms with van der Waals surface area (Å²) in [7, 11) is 1.68. The monoisotopic (exact) mass is 342 g/mol. The minimum Gasteiger partial charge on any atom is -0.497 e. The van der Waals surface area contributed by atoms with Crippen molar-refractivity contribution < 1.29 is 9.53 Å². The largest absolute Gasteiger partial charge is 0.497 e. The van der Waals surface area contributed by atoms with Crippen LogP contribution in [-0.2, 0) is 11.2 Å². The first kappa shape index (κ1) is 17.5. The molecule has 1 aliphatic heterocycles. The summed E-state index contributed by atoms with van der Waals surface area (Å²) >= 11 is 0. The number of methoxy groups -OCH3 is 1. The molecule has 2 heterocycles. The fourth-order valence-electron chi connectivity index (χ4n) is 3.36. The zero-order valence-corrected chi connectivity index (χ0v) is 14.8. The van der Waals surface area contributed by atoms with E-state index in [2.05, 4.69) is 22.2 Å². The highest BCUT2D eigenvalue weighted by molar-refractivity contribution is 5.76. The van der Waals surface area contributed by atoms with Crippen molar-refractivity contribution in [2.24, 2.45) is 0 Å². The average molecular weight is 342 g/mol. The molecule has 1 saturated heterocycles. The Morgan fingerprint density at radius 2 is 2.12 bits per heavy atom. The number of rotatable bonds is 7. The van der Waals surface area contributed by atoms with E-state index in [0.29, 0.717) is 6.42 Å². The molecule has 1 atom stereocenters. The highest BCUT2D eigenvalue weighted by Gasteiger charge is 2.24. The number of aromatic nitrogens is 3. The van der Waals surface area contributed by atoms with Crippen molar-refractivity contribution in [1.29, 1.82) is 0 Å². The second-order valence-corrected chi connectivity index (χ2v) is 6.57. The van der Waals surface area contributed by atoms with Gasteiger partial charge in [0.1, 0.15) is 18.4 Å². The Bertz CT molecular complexity index is 655. The molecule has 0 bridgehead atoms. The molecular formula is C19H26N4O2. The van der Waals surface area contributed by atoms with E-state index in [-0.39, 0.29) is 11.9 Å². The van der Waals surface area contributed by atoms with Crippen molar-refractivity contribution >= 4 is 5.91 Å². The number of benzene rings is 1. The van der Waals surface area contributed by atoms with Gasteiger partial charge in [0, 0.05) is 19.5 Å². The number of nitrogens with zero attached hydrogens (tertiary/aromatic N) is 4. The van der Waals surface area contributed by atoms with E-state index in [1.807, 2.05) is 21.7 Å². The van der Waals surface area contributed by atoms with Crippen molar-refractivity contribution in [3.05, 3.63) is 42.5 Å². The average Bonchev–Trinajstić information content (AvgIpc) is 3.20. The number of piperidine rings is 1. The predicted molar refractivity (Wildman–Crippen MR) is 95.4 cm³/mol. The number of hydrogen-bond donors (Lipinski definition) is 0. The number of hydrogen-bond acceptors (Lipinski definition) is 4. The molecule has 2 aromatic rings. The molecular weight excluding hydrogens is 316 g/mol. The van der Waals surface area contributed by atoms with Crippen LogP contribution >= 0.6 is 0 Å². The molecule has 1 aromatic heterocycles. The zero-order chi connectivity index (χ0) is 17.5. The number of likely N-dealkylation sites (tertiary alicyclic amines) is 1. The molecule has 1 fully saturated rings. The van der Waals surface area contributed by atoms with Crippen molar-refractivity contribution in [2.45, 2.75) is 44.6 Å². The summed E-state index contributed by atoms with van der Waals surface area (Å²) in [4.78, 5) is 18.5. The van der Waals surface area contributed by atoms with Gasteiger partial charge in [0.2, 0.25) is 5.91 Å². The van der Waals surface area contributed by atoms with Gasteiger partial charge >= 0.3 is 0 Å². The van der Waals surface area contributed by atoms with Gasteiger partial charge in [0.05, 0.1) is 13.2 Å². The number of carbonyl (C=O) groups excluding carboxylic acids is 1. The third-order valence-electron chi connectivity index (χ3n) is 4.83. The minimum absolute atomic E-state index is 0.263. The summed E-state index contributed by atoms with van der Waals surface area (Å²) in [5.41, 5.74) is 1.29. The van der Waals surface area contributed by atoms with Crippen molar-refractivity contribution in [2.75, 3.05) is 20.2 Å². The van der Waals surface area contributed by atoms with Crippen LogP contribution in [0.25, 0.3) is 0 Å². The lowest BCUT2D eigenvalue weighted by Gasteiger charge is -2.32. The first-order chi connectivity index (χ1) is 12.3.